The van der Waals surface area contributed by atoms with Crippen LogP contribution in [0.3, 0.4) is 0 Å². The normalized spacial score (nSPS) is 18.3. The van der Waals surface area contributed by atoms with E-state index in [4.69, 9.17) is 15.9 Å². The van der Waals surface area contributed by atoms with Crippen LogP contribution in [0.2, 0.25) is 0 Å². The molecule has 1 atom stereocenters. The molecule has 0 fully saturated rings. The van der Waals surface area contributed by atoms with Crippen LogP contribution in [0.15, 0.2) is 22.7 Å². The van der Waals surface area contributed by atoms with E-state index in [1.807, 2.05) is 12.1 Å². The Morgan fingerprint density at radius 2 is 2.47 bits per heavy atom. The summed E-state index contributed by atoms with van der Waals surface area (Å²) in [7, 11) is 0. The number of thioether (sulfide) groups is 1. The number of nitrogens with one attached hydrogen (secondary N) is 1. The van der Waals surface area contributed by atoms with Crippen molar-refractivity contribution in [3.63, 3.8) is 0 Å². The minimum atomic E-state index is 0.142. The van der Waals surface area contributed by atoms with Crippen LogP contribution in [0, 0.1) is 5.41 Å². The topological polar surface area (TPSA) is 59.1 Å². The van der Waals surface area contributed by atoms with Gasteiger partial charge >= 0.3 is 0 Å². The molecule has 0 radical (unpaired) electrons. The number of fused-ring (bicyclic) bond motifs is 1. The van der Waals surface area contributed by atoms with Gasteiger partial charge in [-0.3, -0.25) is 5.41 Å². The second-order valence-corrected chi connectivity index (χ2v) is 5.35. The van der Waals surface area contributed by atoms with Crippen LogP contribution in [0.1, 0.15) is 5.56 Å². The quantitative estimate of drug-likeness (QED) is 0.648. The molecule has 2 rings (SSSR count). The maximum atomic E-state index is 7.13. The van der Waals surface area contributed by atoms with E-state index in [1.165, 1.54) is 17.3 Å². The molecule has 3 N–H and O–H groups in total. The molecule has 0 saturated carbocycles. The van der Waals surface area contributed by atoms with E-state index in [1.54, 1.807) is 0 Å². The zero-order valence-corrected chi connectivity index (χ0v) is 10.4. The molecule has 80 valence electrons. The number of hydrogen-bond acceptors (Lipinski definition) is 3. The minimum Gasteiger partial charge on any atom is -0.489 e. The maximum Gasteiger partial charge on any atom is 0.151 e. The highest BCUT2D eigenvalue weighted by Crippen LogP contribution is 2.32. The van der Waals surface area contributed by atoms with Gasteiger partial charge in [-0.15, -0.1) is 0 Å². The van der Waals surface area contributed by atoms with Crippen LogP contribution in [-0.2, 0) is 6.42 Å². The van der Waals surface area contributed by atoms with Crippen molar-refractivity contribution in [1.82, 2.24) is 0 Å². The lowest BCUT2D eigenvalue weighted by molar-refractivity contribution is 0.259. The summed E-state index contributed by atoms with van der Waals surface area (Å²) in [5.74, 6) is 1.69. The van der Waals surface area contributed by atoms with Gasteiger partial charge in [-0.05, 0) is 23.8 Å². The number of ether oxygens (including phenoxy) is 1. The Morgan fingerprint density at radius 1 is 1.67 bits per heavy atom. The van der Waals surface area contributed by atoms with Crippen molar-refractivity contribution in [2.75, 3.05) is 5.75 Å². The highest BCUT2D eigenvalue weighted by molar-refractivity contribution is 9.10. The summed E-state index contributed by atoms with van der Waals surface area (Å²) in [4.78, 5) is 0. The largest absolute Gasteiger partial charge is 0.489 e. The molecule has 1 heterocycles. The van der Waals surface area contributed by atoms with Crippen LogP contribution in [0.5, 0.6) is 5.75 Å². The summed E-state index contributed by atoms with van der Waals surface area (Å²) in [6.07, 6.45) is 1.04. The highest BCUT2D eigenvalue weighted by Gasteiger charge is 2.22. The van der Waals surface area contributed by atoms with Crippen LogP contribution in [-0.4, -0.2) is 17.0 Å². The summed E-state index contributed by atoms with van der Waals surface area (Å²) in [5, 5.41) is 7.28. The first-order valence-corrected chi connectivity index (χ1v) is 6.35. The number of nitrogens with two attached hydrogens (primary N) is 1. The lowest BCUT2D eigenvalue weighted by atomic mass is 10.1. The molecule has 0 amide bonds. The van der Waals surface area contributed by atoms with E-state index >= 15 is 0 Å². The second-order valence-electron chi connectivity index (χ2n) is 3.37. The number of benzene rings is 1. The van der Waals surface area contributed by atoms with Crippen LogP contribution in [0.25, 0.3) is 0 Å². The number of rotatable bonds is 2. The lowest BCUT2D eigenvalue weighted by Gasteiger charge is -2.08. The molecule has 15 heavy (non-hydrogen) atoms. The van der Waals surface area contributed by atoms with Gasteiger partial charge in [0.25, 0.3) is 0 Å². The fourth-order valence-electron chi connectivity index (χ4n) is 1.56. The predicted octanol–water partition coefficient (Wildman–Crippen LogP) is 2.38. The zero-order valence-electron chi connectivity index (χ0n) is 8.00. The molecule has 0 saturated heterocycles. The van der Waals surface area contributed by atoms with Crippen molar-refractivity contribution < 1.29 is 4.74 Å². The molecule has 0 bridgehead atoms. The molecule has 1 unspecified atom stereocenters. The summed E-state index contributed by atoms with van der Waals surface area (Å²) >= 11 is 4.76. The third-order valence-electron chi connectivity index (χ3n) is 2.19. The van der Waals surface area contributed by atoms with E-state index in [-0.39, 0.29) is 11.3 Å². The Hall–Kier alpha value is -0.680. The highest BCUT2D eigenvalue weighted by atomic mass is 79.9. The van der Waals surface area contributed by atoms with Crippen LogP contribution < -0.4 is 10.5 Å². The van der Waals surface area contributed by atoms with Gasteiger partial charge in [0.1, 0.15) is 11.9 Å². The fourth-order valence-corrected chi connectivity index (χ4v) is 2.52. The van der Waals surface area contributed by atoms with Gasteiger partial charge in [-0.1, -0.05) is 27.7 Å². The predicted molar refractivity (Wildman–Crippen MR) is 66.6 cm³/mol. The summed E-state index contributed by atoms with van der Waals surface area (Å²) in [6, 6.07) is 6.02. The van der Waals surface area contributed by atoms with Crippen molar-refractivity contribution >= 4 is 32.9 Å². The van der Waals surface area contributed by atoms with Gasteiger partial charge < -0.3 is 10.5 Å². The van der Waals surface area contributed by atoms with E-state index in [9.17, 15) is 0 Å². The molecule has 1 aliphatic rings. The third-order valence-corrected chi connectivity index (χ3v) is 3.53. The molecular formula is C10H11BrN2OS. The fraction of sp³-hybridized carbons (Fsp3) is 0.300. The zero-order chi connectivity index (χ0) is 10.8. The van der Waals surface area contributed by atoms with E-state index in [0.29, 0.717) is 0 Å². The van der Waals surface area contributed by atoms with Crippen molar-refractivity contribution in [3.8, 4) is 5.75 Å². The first-order valence-electron chi connectivity index (χ1n) is 4.57. The molecule has 1 aromatic rings. The Kier molecular flexibility index (Phi) is 3.21. The Labute approximate surface area is 101 Å². The van der Waals surface area contributed by atoms with Gasteiger partial charge in [0, 0.05) is 16.6 Å². The molecule has 1 aromatic carbocycles. The first-order chi connectivity index (χ1) is 7.15. The lowest BCUT2D eigenvalue weighted by Crippen LogP contribution is -2.18. The smallest absolute Gasteiger partial charge is 0.151 e. The molecule has 3 nitrogen and oxygen atoms in total. The van der Waals surface area contributed by atoms with E-state index in [2.05, 4.69) is 22.0 Å². The van der Waals surface area contributed by atoms with Gasteiger partial charge in [0.15, 0.2) is 5.17 Å². The van der Waals surface area contributed by atoms with Crippen molar-refractivity contribution in [2.45, 2.75) is 12.5 Å². The number of halogens is 1. The van der Waals surface area contributed by atoms with Crippen molar-refractivity contribution in [1.29, 1.82) is 5.41 Å². The van der Waals surface area contributed by atoms with Crippen molar-refractivity contribution in [3.05, 3.63) is 28.2 Å². The van der Waals surface area contributed by atoms with Gasteiger partial charge in [-0.25, -0.2) is 0 Å². The Balaban J connectivity index is 2.00. The van der Waals surface area contributed by atoms with Gasteiger partial charge in [0.2, 0.25) is 0 Å². The monoisotopic (exact) mass is 286 g/mol. The summed E-state index contributed by atoms with van der Waals surface area (Å²) in [6.45, 7) is 0. The SMILES string of the molecule is N=C(N)SCC1Cc2cc(Br)ccc2O1. The Bertz CT molecular complexity index is 397. The van der Waals surface area contributed by atoms with Crippen LogP contribution >= 0.6 is 27.7 Å². The third kappa shape index (κ3) is 2.66. The number of hydrogen-bond donors (Lipinski definition) is 2. The van der Waals surface area contributed by atoms with Gasteiger partial charge in [-0.2, -0.15) is 0 Å². The van der Waals surface area contributed by atoms with Crippen molar-refractivity contribution in [2.24, 2.45) is 5.73 Å². The first kappa shape index (κ1) is 10.8. The molecule has 1 aliphatic heterocycles. The average molecular weight is 287 g/mol. The average Bonchev–Trinajstić information content (AvgIpc) is 2.56. The number of amidine groups is 1. The second kappa shape index (κ2) is 4.45. The minimum absolute atomic E-state index is 0.142. The van der Waals surface area contributed by atoms with E-state index in [0.717, 1.165) is 22.4 Å². The van der Waals surface area contributed by atoms with Crippen LogP contribution in [0.4, 0.5) is 0 Å². The molecule has 0 spiro atoms. The molecule has 5 heteroatoms. The molecular weight excluding hydrogens is 276 g/mol. The molecule has 0 aliphatic carbocycles. The Morgan fingerprint density at radius 3 is 3.20 bits per heavy atom. The molecule has 0 aromatic heterocycles. The standard InChI is InChI=1S/C10H11BrN2OS/c11-7-1-2-9-6(3-7)4-8(14-9)5-15-10(12)13/h1-3,8H,4-5H2,(H3,12,13). The summed E-state index contributed by atoms with van der Waals surface area (Å²) < 4.78 is 6.79. The van der Waals surface area contributed by atoms with E-state index < -0.39 is 0 Å². The summed E-state index contributed by atoms with van der Waals surface area (Å²) in [5.41, 5.74) is 6.50. The maximum absolute atomic E-state index is 7.13. The van der Waals surface area contributed by atoms with Gasteiger partial charge in [0.05, 0.1) is 0 Å².